The van der Waals surface area contributed by atoms with Gasteiger partial charge in [0.1, 0.15) is 5.75 Å². The molecule has 0 radical (unpaired) electrons. The number of aliphatic carboxylic acids is 1. The minimum absolute atomic E-state index is 0.0877. The molecule has 2 saturated heterocycles. The summed E-state index contributed by atoms with van der Waals surface area (Å²) in [7, 11) is 1.58. The maximum atomic E-state index is 12.7. The molecule has 2 aliphatic heterocycles. The van der Waals surface area contributed by atoms with Crippen LogP contribution in [-0.4, -0.2) is 54.5 Å². The molecule has 1 N–H and O–H groups in total. The van der Waals surface area contributed by atoms with Crippen LogP contribution in [0.25, 0.3) is 0 Å². The topological polar surface area (TPSA) is 87.2 Å². The molecule has 0 unspecified atom stereocenters. The Hall–Kier alpha value is -2.57. The van der Waals surface area contributed by atoms with Crippen molar-refractivity contribution < 1.29 is 24.2 Å². The first-order valence-corrected chi connectivity index (χ1v) is 8.45. The Balaban J connectivity index is 1.66. The number of piperidine rings is 1. The standard InChI is InChI=1S/C18H22N2O5/c1-25-15-6-4-14(5-7-15)20-11-13(9-16(20)21)17(22)19-8-2-3-12(10-19)18(23)24/h4-7,12-13H,2-3,8-11H2,1H3,(H,23,24)/t12-,13-/m0/s1. The second kappa shape index (κ2) is 7.13. The largest absolute Gasteiger partial charge is 0.497 e. The molecule has 2 fully saturated rings. The average Bonchev–Trinajstić information content (AvgIpc) is 3.03. The highest BCUT2D eigenvalue weighted by Gasteiger charge is 2.39. The van der Waals surface area contributed by atoms with Gasteiger partial charge in [-0.15, -0.1) is 0 Å². The number of amides is 2. The minimum Gasteiger partial charge on any atom is -0.497 e. The van der Waals surface area contributed by atoms with E-state index in [2.05, 4.69) is 0 Å². The molecule has 25 heavy (non-hydrogen) atoms. The van der Waals surface area contributed by atoms with E-state index in [1.807, 2.05) is 0 Å². The van der Waals surface area contributed by atoms with E-state index >= 15 is 0 Å². The summed E-state index contributed by atoms with van der Waals surface area (Å²) in [6, 6.07) is 7.15. The fourth-order valence-corrected chi connectivity index (χ4v) is 3.52. The molecule has 0 bridgehead atoms. The van der Waals surface area contributed by atoms with Crippen molar-refractivity contribution in [3.8, 4) is 5.75 Å². The molecule has 7 nitrogen and oxygen atoms in total. The number of carboxylic acids is 1. The Morgan fingerprint density at radius 3 is 2.52 bits per heavy atom. The van der Waals surface area contributed by atoms with Crippen LogP contribution in [0.3, 0.4) is 0 Å². The third-order valence-electron chi connectivity index (χ3n) is 4.94. The van der Waals surface area contributed by atoms with Crippen LogP contribution in [0.1, 0.15) is 19.3 Å². The summed E-state index contributed by atoms with van der Waals surface area (Å²) in [5.74, 6) is -1.28. The lowest BCUT2D eigenvalue weighted by atomic mass is 9.96. The molecule has 0 spiro atoms. The lowest BCUT2D eigenvalue weighted by Gasteiger charge is -2.32. The molecule has 0 aromatic heterocycles. The predicted octanol–water partition coefficient (Wildman–Crippen LogP) is 1.37. The van der Waals surface area contributed by atoms with Gasteiger partial charge in [0.2, 0.25) is 11.8 Å². The zero-order valence-electron chi connectivity index (χ0n) is 14.2. The number of nitrogens with zero attached hydrogens (tertiary/aromatic N) is 2. The number of carbonyl (C=O) groups is 3. The van der Waals surface area contributed by atoms with Crippen LogP contribution in [0.5, 0.6) is 5.75 Å². The highest BCUT2D eigenvalue weighted by atomic mass is 16.5. The highest BCUT2D eigenvalue weighted by molar-refractivity contribution is 6.00. The fourth-order valence-electron chi connectivity index (χ4n) is 3.52. The van der Waals surface area contributed by atoms with E-state index in [9.17, 15) is 14.4 Å². The number of likely N-dealkylation sites (tertiary alicyclic amines) is 1. The quantitative estimate of drug-likeness (QED) is 0.890. The van der Waals surface area contributed by atoms with Gasteiger partial charge >= 0.3 is 5.97 Å². The van der Waals surface area contributed by atoms with Gasteiger partial charge in [-0.2, -0.15) is 0 Å². The van der Waals surface area contributed by atoms with E-state index in [4.69, 9.17) is 9.84 Å². The van der Waals surface area contributed by atoms with E-state index in [0.29, 0.717) is 31.7 Å². The van der Waals surface area contributed by atoms with Crippen molar-refractivity contribution >= 4 is 23.5 Å². The SMILES string of the molecule is COc1ccc(N2C[C@@H](C(=O)N3CCC[C@H](C(=O)O)C3)CC2=O)cc1. The molecule has 1 aromatic rings. The van der Waals surface area contributed by atoms with Gasteiger partial charge < -0.3 is 19.6 Å². The molecule has 2 atom stereocenters. The van der Waals surface area contributed by atoms with E-state index < -0.39 is 17.8 Å². The van der Waals surface area contributed by atoms with Crippen molar-refractivity contribution in [2.24, 2.45) is 11.8 Å². The highest BCUT2D eigenvalue weighted by Crippen LogP contribution is 2.29. The average molecular weight is 346 g/mol. The number of carboxylic acid groups (broad SMARTS) is 1. The van der Waals surface area contributed by atoms with Gasteiger partial charge in [0, 0.05) is 31.7 Å². The first-order chi connectivity index (χ1) is 12.0. The van der Waals surface area contributed by atoms with Gasteiger partial charge in [-0.1, -0.05) is 0 Å². The van der Waals surface area contributed by atoms with Crippen LogP contribution in [0.2, 0.25) is 0 Å². The number of anilines is 1. The molecule has 2 heterocycles. The first-order valence-electron chi connectivity index (χ1n) is 8.45. The molecule has 0 saturated carbocycles. The van der Waals surface area contributed by atoms with E-state index in [-0.39, 0.29) is 24.8 Å². The third-order valence-corrected chi connectivity index (χ3v) is 4.94. The number of benzene rings is 1. The zero-order valence-corrected chi connectivity index (χ0v) is 14.2. The summed E-state index contributed by atoms with van der Waals surface area (Å²) in [6.45, 7) is 1.13. The first kappa shape index (κ1) is 17.3. The number of methoxy groups -OCH3 is 1. The molecule has 0 aliphatic carbocycles. The van der Waals surface area contributed by atoms with Crippen molar-refractivity contribution in [2.45, 2.75) is 19.3 Å². The van der Waals surface area contributed by atoms with E-state index in [0.717, 1.165) is 5.69 Å². The van der Waals surface area contributed by atoms with Gasteiger partial charge in [-0.3, -0.25) is 14.4 Å². The van der Waals surface area contributed by atoms with Crippen LogP contribution >= 0.6 is 0 Å². The Labute approximate surface area is 146 Å². The predicted molar refractivity (Wildman–Crippen MR) is 90.4 cm³/mol. The smallest absolute Gasteiger partial charge is 0.308 e. The number of hydrogen-bond acceptors (Lipinski definition) is 4. The second-order valence-corrected chi connectivity index (χ2v) is 6.57. The lowest BCUT2D eigenvalue weighted by Crippen LogP contribution is -2.45. The van der Waals surface area contributed by atoms with Crippen LogP contribution in [0.15, 0.2) is 24.3 Å². The minimum atomic E-state index is -0.861. The zero-order chi connectivity index (χ0) is 18.0. The fraction of sp³-hybridized carbons (Fsp3) is 0.500. The molecular weight excluding hydrogens is 324 g/mol. The van der Waals surface area contributed by atoms with Crippen molar-refractivity contribution in [1.29, 1.82) is 0 Å². The normalized spacial score (nSPS) is 23.6. The molecule has 1 aromatic carbocycles. The van der Waals surface area contributed by atoms with Gasteiger partial charge in [-0.05, 0) is 37.1 Å². The van der Waals surface area contributed by atoms with Gasteiger partial charge in [0.15, 0.2) is 0 Å². The summed E-state index contributed by atoms with van der Waals surface area (Å²) in [6.07, 6.45) is 1.45. The summed E-state index contributed by atoms with van der Waals surface area (Å²) in [5, 5.41) is 9.17. The third kappa shape index (κ3) is 3.60. The van der Waals surface area contributed by atoms with Crippen molar-refractivity contribution in [3.05, 3.63) is 24.3 Å². The number of hydrogen-bond donors (Lipinski definition) is 1. The monoisotopic (exact) mass is 346 g/mol. The Morgan fingerprint density at radius 1 is 1.16 bits per heavy atom. The maximum Gasteiger partial charge on any atom is 0.308 e. The molecular formula is C18H22N2O5. The second-order valence-electron chi connectivity index (χ2n) is 6.57. The van der Waals surface area contributed by atoms with Crippen LogP contribution < -0.4 is 9.64 Å². The molecule has 3 rings (SSSR count). The number of ether oxygens (including phenoxy) is 1. The van der Waals surface area contributed by atoms with E-state index in [1.165, 1.54) is 0 Å². The summed E-state index contributed by atoms with van der Waals surface area (Å²) >= 11 is 0. The molecule has 2 aliphatic rings. The van der Waals surface area contributed by atoms with Gasteiger partial charge in [-0.25, -0.2) is 0 Å². The lowest BCUT2D eigenvalue weighted by molar-refractivity contribution is -0.146. The van der Waals surface area contributed by atoms with E-state index in [1.54, 1.807) is 41.2 Å². The van der Waals surface area contributed by atoms with Gasteiger partial charge in [0.05, 0.1) is 18.9 Å². The molecule has 7 heteroatoms. The molecule has 2 amide bonds. The van der Waals surface area contributed by atoms with Crippen molar-refractivity contribution in [2.75, 3.05) is 31.6 Å². The Morgan fingerprint density at radius 2 is 1.88 bits per heavy atom. The molecule has 134 valence electrons. The van der Waals surface area contributed by atoms with Crippen LogP contribution in [-0.2, 0) is 14.4 Å². The van der Waals surface area contributed by atoms with Crippen molar-refractivity contribution in [3.63, 3.8) is 0 Å². The van der Waals surface area contributed by atoms with Gasteiger partial charge in [0.25, 0.3) is 0 Å². The van der Waals surface area contributed by atoms with Crippen LogP contribution in [0, 0.1) is 11.8 Å². The summed E-state index contributed by atoms with van der Waals surface area (Å²) < 4.78 is 5.11. The summed E-state index contributed by atoms with van der Waals surface area (Å²) in [4.78, 5) is 39.4. The number of carbonyl (C=O) groups excluding carboxylic acids is 2. The van der Waals surface area contributed by atoms with Crippen LogP contribution in [0.4, 0.5) is 5.69 Å². The summed E-state index contributed by atoms with van der Waals surface area (Å²) in [5.41, 5.74) is 0.739. The Kier molecular flexibility index (Phi) is 4.92. The Bertz CT molecular complexity index is 673. The van der Waals surface area contributed by atoms with Crippen molar-refractivity contribution in [1.82, 2.24) is 4.90 Å². The maximum absolute atomic E-state index is 12.7. The number of rotatable bonds is 4.